The molecule has 4 nitrogen and oxygen atoms in total. The molecule has 5 heteroatoms. The van der Waals surface area contributed by atoms with Crippen molar-refractivity contribution in [1.29, 1.82) is 0 Å². The van der Waals surface area contributed by atoms with E-state index >= 15 is 0 Å². The first-order chi connectivity index (χ1) is 11.2. The summed E-state index contributed by atoms with van der Waals surface area (Å²) in [5, 5.41) is 3.70. The van der Waals surface area contributed by atoms with Gasteiger partial charge in [0.1, 0.15) is 0 Å². The Hall–Kier alpha value is -2.95. The summed E-state index contributed by atoms with van der Waals surface area (Å²) >= 11 is 0. The van der Waals surface area contributed by atoms with Crippen molar-refractivity contribution in [3.05, 3.63) is 66.1 Å². The predicted octanol–water partition coefficient (Wildman–Crippen LogP) is 3.56. The highest BCUT2D eigenvalue weighted by atomic mass is 19.1. The number of hydrogen-bond donors (Lipinski definition) is 1. The number of aromatic nitrogens is 1. The molecule has 0 spiro atoms. The zero-order valence-electron chi connectivity index (χ0n) is 12.5. The lowest BCUT2D eigenvalue weighted by atomic mass is 10.1. The van der Waals surface area contributed by atoms with E-state index < -0.39 is 5.82 Å². The molecule has 1 N–H and O–H groups in total. The van der Waals surface area contributed by atoms with Gasteiger partial charge in [0.15, 0.2) is 11.6 Å². The Morgan fingerprint density at radius 3 is 2.91 bits per heavy atom. The van der Waals surface area contributed by atoms with Crippen molar-refractivity contribution in [1.82, 2.24) is 4.98 Å². The predicted molar refractivity (Wildman–Crippen MR) is 87.0 cm³/mol. The summed E-state index contributed by atoms with van der Waals surface area (Å²) < 4.78 is 19.0. The molecular weight excluding hydrogens is 295 g/mol. The van der Waals surface area contributed by atoms with Crippen molar-refractivity contribution in [2.45, 2.75) is 6.42 Å². The number of carbonyl (C=O) groups excluding carboxylic acids is 1. The lowest BCUT2D eigenvalue weighted by molar-refractivity contribution is -0.115. The van der Waals surface area contributed by atoms with Gasteiger partial charge in [-0.1, -0.05) is 18.2 Å². The average Bonchev–Trinajstić information content (AvgIpc) is 2.56. The van der Waals surface area contributed by atoms with E-state index in [4.69, 9.17) is 4.74 Å². The summed E-state index contributed by atoms with van der Waals surface area (Å²) in [6, 6.07) is 13.9. The van der Waals surface area contributed by atoms with Gasteiger partial charge in [-0.2, -0.15) is 0 Å². The van der Waals surface area contributed by atoms with Gasteiger partial charge in [0.05, 0.1) is 19.0 Å². The average molecular weight is 310 g/mol. The van der Waals surface area contributed by atoms with Crippen LogP contribution in [0.15, 0.2) is 54.7 Å². The maximum absolute atomic E-state index is 14.1. The van der Waals surface area contributed by atoms with Crippen LogP contribution in [0.1, 0.15) is 5.56 Å². The minimum atomic E-state index is -0.507. The van der Waals surface area contributed by atoms with Crippen molar-refractivity contribution >= 4 is 22.5 Å². The number of halogens is 1. The number of nitrogens with zero attached hydrogens (tertiary/aromatic N) is 1. The van der Waals surface area contributed by atoms with Crippen LogP contribution >= 0.6 is 0 Å². The molecule has 0 saturated heterocycles. The number of carbonyl (C=O) groups is 1. The molecule has 116 valence electrons. The maximum atomic E-state index is 14.1. The number of pyridine rings is 1. The van der Waals surface area contributed by atoms with Crippen molar-refractivity contribution in [3.63, 3.8) is 0 Å². The number of nitrogens with one attached hydrogen (secondary N) is 1. The molecule has 2 aromatic carbocycles. The van der Waals surface area contributed by atoms with Crippen LogP contribution < -0.4 is 10.1 Å². The molecule has 0 fully saturated rings. The number of fused-ring (bicyclic) bond motifs is 1. The van der Waals surface area contributed by atoms with Crippen LogP contribution in [-0.4, -0.2) is 18.0 Å². The van der Waals surface area contributed by atoms with Crippen molar-refractivity contribution in [2.75, 3.05) is 12.4 Å². The lowest BCUT2D eigenvalue weighted by Gasteiger charge is -2.09. The smallest absolute Gasteiger partial charge is 0.228 e. The van der Waals surface area contributed by atoms with Crippen LogP contribution in [0.2, 0.25) is 0 Å². The van der Waals surface area contributed by atoms with Crippen molar-refractivity contribution in [2.24, 2.45) is 0 Å². The summed E-state index contributed by atoms with van der Waals surface area (Å²) in [5.41, 5.74) is 1.80. The van der Waals surface area contributed by atoms with Gasteiger partial charge >= 0.3 is 0 Å². The quantitative estimate of drug-likeness (QED) is 0.801. The number of rotatable bonds is 4. The number of hydrogen-bond acceptors (Lipinski definition) is 3. The van der Waals surface area contributed by atoms with E-state index in [0.29, 0.717) is 11.3 Å². The van der Waals surface area contributed by atoms with Crippen LogP contribution in [0.3, 0.4) is 0 Å². The molecule has 0 saturated carbocycles. The van der Waals surface area contributed by atoms with Crippen LogP contribution in [0, 0.1) is 5.82 Å². The van der Waals surface area contributed by atoms with Crippen LogP contribution in [0.4, 0.5) is 10.1 Å². The Balaban J connectivity index is 1.76. The summed E-state index contributed by atoms with van der Waals surface area (Å²) in [7, 11) is 1.39. The van der Waals surface area contributed by atoms with Gasteiger partial charge in [0.25, 0.3) is 0 Å². The molecule has 0 aliphatic carbocycles. The van der Waals surface area contributed by atoms with Crippen molar-refractivity contribution < 1.29 is 13.9 Å². The molecule has 0 bridgehead atoms. The summed E-state index contributed by atoms with van der Waals surface area (Å²) in [6.45, 7) is 0. The second kappa shape index (κ2) is 6.44. The Bertz CT molecular complexity index is 865. The molecule has 0 aliphatic rings. The zero-order chi connectivity index (χ0) is 16.2. The highest BCUT2D eigenvalue weighted by Crippen LogP contribution is 2.21. The molecule has 1 amide bonds. The van der Waals surface area contributed by atoms with E-state index in [-0.39, 0.29) is 18.1 Å². The van der Waals surface area contributed by atoms with E-state index in [9.17, 15) is 9.18 Å². The van der Waals surface area contributed by atoms with Crippen LogP contribution in [-0.2, 0) is 11.2 Å². The Morgan fingerprint density at radius 2 is 2.09 bits per heavy atom. The standard InChI is InChI=1S/C18H15FN2O2/c1-23-16-6-2-4-13(18(16)19)11-17(22)21-14-7-8-15-12(10-14)5-3-9-20-15/h2-10H,11H2,1H3,(H,21,22). The first-order valence-corrected chi connectivity index (χ1v) is 7.13. The van der Waals surface area contributed by atoms with E-state index in [1.807, 2.05) is 24.3 Å². The summed E-state index contributed by atoms with van der Waals surface area (Å²) in [6.07, 6.45) is 1.65. The number of amides is 1. The van der Waals surface area contributed by atoms with Crippen LogP contribution in [0.5, 0.6) is 5.75 Å². The van der Waals surface area contributed by atoms with E-state index in [2.05, 4.69) is 10.3 Å². The van der Waals surface area contributed by atoms with Gasteiger partial charge in [-0.05, 0) is 30.3 Å². The normalized spacial score (nSPS) is 10.5. The first-order valence-electron chi connectivity index (χ1n) is 7.13. The number of ether oxygens (including phenoxy) is 1. The van der Waals surface area contributed by atoms with Crippen LogP contribution in [0.25, 0.3) is 10.9 Å². The molecule has 1 aromatic heterocycles. The number of benzene rings is 2. The van der Waals surface area contributed by atoms with E-state index in [1.54, 1.807) is 24.4 Å². The zero-order valence-corrected chi connectivity index (χ0v) is 12.5. The molecule has 23 heavy (non-hydrogen) atoms. The van der Waals surface area contributed by atoms with Gasteiger partial charge < -0.3 is 10.1 Å². The van der Waals surface area contributed by atoms with Gasteiger partial charge in [-0.15, -0.1) is 0 Å². The van der Waals surface area contributed by atoms with Gasteiger partial charge in [0, 0.05) is 22.8 Å². The fourth-order valence-electron chi connectivity index (χ4n) is 2.38. The number of anilines is 1. The largest absolute Gasteiger partial charge is 0.494 e. The summed E-state index contributed by atoms with van der Waals surface area (Å²) in [5.74, 6) is -0.666. The molecule has 3 aromatic rings. The minimum Gasteiger partial charge on any atom is -0.494 e. The van der Waals surface area contributed by atoms with E-state index in [0.717, 1.165) is 10.9 Å². The third-order valence-corrected chi connectivity index (χ3v) is 3.50. The second-order valence-electron chi connectivity index (χ2n) is 5.07. The Morgan fingerprint density at radius 1 is 1.22 bits per heavy atom. The molecule has 0 atom stereocenters. The number of methoxy groups -OCH3 is 1. The second-order valence-corrected chi connectivity index (χ2v) is 5.07. The highest BCUT2D eigenvalue weighted by Gasteiger charge is 2.12. The third-order valence-electron chi connectivity index (χ3n) is 3.50. The molecule has 3 rings (SSSR count). The molecule has 1 heterocycles. The van der Waals surface area contributed by atoms with Gasteiger partial charge in [0.2, 0.25) is 5.91 Å². The Kier molecular flexibility index (Phi) is 4.19. The lowest BCUT2D eigenvalue weighted by Crippen LogP contribution is -2.15. The third kappa shape index (κ3) is 3.29. The molecule has 0 unspecified atom stereocenters. The minimum absolute atomic E-state index is 0.0614. The maximum Gasteiger partial charge on any atom is 0.228 e. The van der Waals surface area contributed by atoms with Crippen molar-refractivity contribution in [3.8, 4) is 5.75 Å². The van der Waals surface area contributed by atoms with E-state index in [1.165, 1.54) is 13.2 Å². The molecule has 0 radical (unpaired) electrons. The monoisotopic (exact) mass is 310 g/mol. The van der Waals surface area contributed by atoms with Gasteiger partial charge in [-0.3, -0.25) is 9.78 Å². The van der Waals surface area contributed by atoms with Gasteiger partial charge in [-0.25, -0.2) is 4.39 Å². The fourth-order valence-corrected chi connectivity index (χ4v) is 2.38. The first kappa shape index (κ1) is 15.0. The topological polar surface area (TPSA) is 51.2 Å². The molecular formula is C18H15FN2O2. The summed E-state index contributed by atoms with van der Waals surface area (Å²) in [4.78, 5) is 16.4. The Labute approximate surface area is 132 Å². The SMILES string of the molecule is COc1cccc(CC(=O)Nc2ccc3ncccc3c2)c1F. The fraction of sp³-hybridized carbons (Fsp3) is 0.111. The molecule has 0 aliphatic heterocycles. The highest BCUT2D eigenvalue weighted by molar-refractivity contribution is 5.94.